The molecular formula is C8H6F2N2O2. The van der Waals surface area contributed by atoms with Gasteiger partial charge in [-0.05, 0) is 6.07 Å². The fourth-order valence-corrected chi connectivity index (χ4v) is 0.971. The molecule has 1 N–H and O–H groups in total. The van der Waals surface area contributed by atoms with Crippen molar-refractivity contribution in [2.45, 2.75) is 6.43 Å². The van der Waals surface area contributed by atoms with E-state index in [9.17, 15) is 13.6 Å². The quantitative estimate of drug-likeness (QED) is 0.779. The molecule has 0 bridgehead atoms. The Morgan fingerprint density at radius 1 is 1.64 bits per heavy atom. The van der Waals surface area contributed by atoms with Gasteiger partial charge in [0.05, 0.1) is 12.8 Å². The van der Waals surface area contributed by atoms with Gasteiger partial charge < -0.3 is 9.72 Å². The number of nitrogens with one attached hydrogen (secondary N) is 1. The van der Waals surface area contributed by atoms with Gasteiger partial charge >= 0.3 is 0 Å². The molecule has 4 nitrogen and oxygen atoms in total. The van der Waals surface area contributed by atoms with E-state index in [-0.39, 0.29) is 11.3 Å². The molecule has 6 heteroatoms. The zero-order chi connectivity index (χ0) is 10.7. The van der Waals surface area contributed by atoms with Crippen molar-refractivity contribution in [3.05, 3.63) is 27.7 Å². The van der Waals surface area contributed by atoms with Crippen LogP contribution < -0.4 is 10.3 Å². The summed E-state index contributed by atoms with van der Waals surface area (Å²) in [6, 6.07) is 2.50. The van der Waals surface area contributed by atoms with Gasteiger partial charge in [-0.1, -0.05) is 0 Å². The predicted octanol–water partition coefficient (Wildman–Crippen LogP) is 1.19. The van der Waals surface area contributed by atoms with Crippen LogP contribution in [0.3, 0.4) is 0 Å². The van der Waals surface area contributed by atoms with Crippen molar-refractivity contribution in [2.24, 2.45) is 0 Å². The van der Waals surface area contributed by atoms with Gasteiger partial charge in [-0.25, -0.2) is 8.78 Å². The Hall–Kier alpha value is -1.90. The minimum atomic E-state index is -2.82. The van der Waals surface area contributed by atoms with Crippen molar-refractivity contribution in [1.29, 1.82) is 5.26 Å². The lowest BCUT2D eigenvalue weighted by Gasteiger charge is -2.03. The number of methoxy groups -OCH3 is 1. The largest absolute Gasteiger partial charge is 0.490 e. The van der Waals surface area contributed by atoms with Crippen LogP contribution in [0.5, 0.6) is 5.75 Å². The molecule has 0 aliphatic rings. The number of nitrogens with zero attached hydrogens (tertiary/aromatic N) is 1. The average Bonchev–Trinajstić information content (AvgIpc) is 2.16. The highest BCUT2D eigenvalue weighted by Crippen LogP contribution is 2.19. The van der Waals surface area contributed by atoms with E-state index in [4.69, 9.17) is 5.26 Å². The molecule has 0 aromatic carbocycles. The summed E-state index contributed by atoms with van der Waals surface area (Å²) in [4.78, 5) is 13.0. The van der Waals surface area contributed by atoms with E-state index in [0.29, 0.717) is 0 Å². The lowest BCUT2D eigenvalue weighted by molar-refractivity contribution is 0.145. The van der Waals surface area contributed by atoms with E-state index < -0.39 is 17.7 Å². The monoisotopic (exact) mass is 200 g/mol. The third kappa shape index (κ3) is 1.71. The van der Waals surface area contributed by atoms with Crippen LogP contribution in [-0.2, 0) is 0 Å². The first-order chi connectivity index (χ1) is 6.60. The predicted molar refractivity (Wildman–Crippen MR) is 43.3 cm³/mol. The normalized spacial score (nSPS) is 9.93. The van der Waals surface area contributed by atoms with E-state index >= 15 is 0 Å². The molecule has 1 aromatic rings. The average molecular weight is 200 g/mol. The molecule has 0 saturated heterocycles. The van der Waals surface area contributed by atoms with Gasteiger partial charge in [0, 0.05) is 0 Å². The summed E-state index contributed by atoms with van der Waals surface area (Å²) in [5, 5.41) is 8.55. The van der Waals surface area contributed by atoms with Gasteiger partial charge in [0.2, 0.25) is 5.75 Å². The van der Waals surface area contributed by atoms with Gasteiger partial charge in [0.1, 0.15) is 11.6 Å². The number of aromatic nitrogens is 1. The highest BCUT2D eigenvalue weighted by molar-refractivity contribution is 5.42. The molecule has 1 heterocycles. The van der Waals surface area contributed by atoms with E-state index in [2.05, 4.69) is 4.74 Å². The van der Waals surface area contributed by atoms with Gasteiger partial charge in [0.15, 0.2) is 0 Å². The summed E-state index contributed by atoms with van der Waals surface area (Å²) < 4.78 is 28.9. The van der Waals surface area contributed by atoms with E-state index in [1.54, 1.807) is 6.07 Å². The topological polar surface area (TPSA) is 65.9 Å². The molecule has 0 saturated carbocycles. The summed E-state index contributed by atoms with van der Waals surface area (Å²) in [6.45, 7) is 0. The first-order valence-corrected chi connectivity index (χ1v) is 3.59. The molecule has 1 rings (SSSR count). The first kappa shape index (κ1) is 10.2. The van der Waals surface area contributed by atoms with Crippen molar-refractivity contribution < 1.29 is 13.5 Å². The minimum Gasteiger partial charge on any atom is -0.490 e. The number of alkyl halides is 2. The SMILES string of the molecule is COc1c(C#N)cc(C(F)F)[nH]c1=O. The lowest BCUT2D eigenvalue weighted by Crippen LogP contribution is -2.13. The second-order valence-electron chi connectivity index (χ2n) is 2.41. The summed E-state index contributed by atoms with van der Waals surface area (Å²) in [5.41, 5.74) is -1.62. The molecule has 0 unspecified atom stereocenters. The van der Waals surface area contributed by atoms with E-state index in [1.807, 2.05) is 4.98 Å². The summed E-state index contributed by atoms with van der Waals surface area (Å²) in [5.74, 6) is -0.253. The zero-order valence-corrected chi connectivity index (χ0v) is 7.17. The van der Waals surface area contributed by atoms with Crippen LogP contribution in [0.25, 0.3) is 0 Å². The van der Waals surface area contributed by atoms with Crippen molar-refractivity contribution in [3.8, 4) is 11.8 Å². The van der Waals surface area contributed by atoms with Crippen molar-refractivity contribution in [3.63, 3.8) is 0 Å². The molecule has 0 aliphatic carbocycles. The number of rotatable bonds is 2. The fraction of sp³-hybridized carbons (Fsp3) is 0.250. The molecule has 0 aliphatic heterocycles. The second-order valence-corrected chi connectivity index (χ2v) is 2.41. The number of H-pyrrole nitrogens is 1. The molecule has 0 atom stereocenters. The smallest absolute Gasteiger partial charge is 0.292 e. The Morgan fingerprint density at radius 3 is 2.71 bits per heavy atom. The molecule has 14 heavy (non-hydrogen) atoms. The number of ether oxygens (including phenoxy) is 1. The number of aromatic amines is 1. The maximum atomic E-state index is 12.2. The summed E-state index contributed by atoms with van der Waals surface area (Å²) >= 11 is 0. The molecule has 0 spiro atoms. The van der Waals surface area contributed by atoms with Crippen LogP contribution in [0.15, 0.2) is 10.9 Å². The molecule has 0 radical (unpaired) electrons. The van der Waals surface area contributed by atoms with Crippen LogP contribution in [0.1, 0.15) is 17.7 Å². The van der Waals surface area contributed by atoms with Crippen LogP contribution in [-0.4, -0.2) is 12.1 Å². The standard InChI is InChI=1S/C8H6F2N2O2/c1-14-6-4(3-11)2-5(7(9)10)12-8(6)13/h2,7H,1H3,(H,12,13). The van der Waals surface area contributed by atoms with E-state index in [0.717, 1.165) is 6.07 Å². The molecule has 0 amide bonds. The maximum Gasteiger partial charge on any atom is 0.292 e. The molecule has 74 valence electrons. The van der Waals surface area contributed by atoms with Gasteiger partial charge in [0.25, 0.3) is 12.0 Å². The van der Waals surface area contributed by atoms with Crippen LogP contribution in [0, 0.1) is 11.3 Å². The number of hydrogen-bond donors (Lipinski definition) is 1. The van der Waals surface area contributed by atoms with E-state index in [1.165, 1.54) is 7.11 Å². The fourth-order valence-electron chi connectivity index (χ4n) is 0.971. The van der Waals surface area contributed by atoms with Crippen molar-refractivity contribution >= 4 is 0 Å². The number of pyridine rings is 1. The highest BCUT2D eigenvalue weighted by Gasteiger charge is 2.14. The van der Waals surface area contributed by atoms with Crippen molar-refractivity contribution in [2.75, 3.05) is 7.11 Å². The minimum absolute atomic E-state index is 0.202. The Kier molecular flexibility index (Phi) is 2.82. The third-order valence-electron chi connectivity index (χ3n) is 1.57. The second kappa shape index (κ2) is 3.87. The highest BCUT2D eigenvalue weighted by atomic mass is 19.3. The molecular weight excluding hydrogens is 194 g/mol. The molecule has 1 aromatic heterocycles. The lowest BCUT2D eigenvalue weighted by atomic mass is 10.2. The first-order valence-electron chi connectivity index (χ1n) is 3.59. The Labute approximate surface area is 77.7 Å². The van der Waals surface area contributed by atoms with Crippen LogP contribution >= 0.6 is 0 Å². The number of nitriles is 1. The van der Waals surface area contributed by atoms with Gasteiger partial charge in [-0.2, -0.15) is 5.26 Å². The summed E-state index contributed by atoms with van der Waals surface area (Å²) in [7, 11) is 1.19. The Balaban J connectivity index is 3.41. The Bertz CT molecular complexity index is 434. The van der Waals surface area contributed by atoms with Gasteiger partial charge in [-0.15, -0.1) is 0 Å². The third-order valence-corrected chi connectivity index (χ3v) is 1.57. The Morgan fingerprint density at radius 2 is 2.29 bits per heavy atom. The van der Waals surface area contributed by atoms with Crippen molar-refractivity contribution in [1.82, 2.24) is 4.98 Å². The number of halogens is 2. The zero-order valence-electron chi connectivity index (χ0n) is 7.17. The summed E-state index contributed by atoms with van der Waals surface area (Å²) in [6.07, 6.45) is -2.82. The van der Waals surface area contributed by atoms with Crippen LogP contribution in [0.4, 0.5) is 8.78 Å². The maximum absolute atomic E-state index is 12.2. The number of hydrogen-bond acceptors (Lipinski definition) is 3. The molecule has 0 fully saturated rings. The van der Waals surface area contributed by atoms with Gasteiger partial charge in [-0.3, -0.25) is 4.79 Å². The van der Waals surface area contributed by atoms with Crippen LogP contribution in [0.2, 0.25) is 0 Å².